The highest BCUT2D eigenvalue weighted by atomic mass is 32.2. The number of hydrogen-bond donors (Lipinski definition) is 2. The molecule has 1 atom stereocenters. The average molecular weight is 310 g/mol. The van der Waals surface area contributed by atoms with Crippen molar-refractivity contribution in [1.29, 1.82) is 0 Å². The van der Waals surface area contributed by atoms with Crippen LogP contribution < -0.4 is 10.0 Å². The van der Waals surface area contributed by atoms with Gasteiger partial charge in [0.05, 0.1) is 4.90 Å². The molecule has 1 aliphatic rings. The molecule has 0 aromatic heterocycles. The van der Waals surface area contributed by atoms with E-state index in [1.54, 1.807) is 12.1 Å². The second-order valence-corrected chi connectivity index (χ2v) is 7.67. The van der Waals surface area contributed by atoms with Gasteiger partial charge in [0.25, 0.3) is 0 Å². The van der Waals surface area contributed by atoms with Gasteiger partial charge in [-0.25, -0.2) is 13.1 Å². The molecule has 4 nitrogen and oxygen atoms in total. The molecule has 0 amide bonds. The fourth-order valence-electron chi connectivity index (χ4n) is 2.97. The van der Waals surface area contributed by atoms with Gasteiger partial charge < -0.3 is 5.32 Å². The molecule has 0 aliphatic heterocycles. The van der Waals surface area contributed by atoms with Gasteiger partial charge in [0.15, 0.2) is 0 Å². The van der Waals surface area contributed by atoms with E-state index in [9.17, 15) is 8.42 Å². The summed E-state index contributed by atoms with van der Waals surface area (Å²) in [6.45, 7) is 2.87. The van der Waals surface area contributed by atoms with Gasteiger partial charge in [-0.3, -0.25) is 0 Å². The van der Waals surface area contributed by atoms with Gasteiger partial charge in [-0.2, -0.15) is 0 Å². The van der Waals surface area contributed by atoms with Crippen LogP contribution in [-0.4, -0.2) is 28.1 Å². The molecule has 2 rings (SSSR count). The molecule has 0 bridgehead atoms. The first-order valence-electron chi connectivity index (χ1n) is 7.79. The molecular weight excluding hydrogens is 284 g/mol. The minimum Gasteiger partial charge on any atom is -0.319 e. The Morgan fingerprint density at radius 2 is 1.81 bits per heavy atom. The molecule has 21 heavy (non-hydrogen) atoms. The van der Waals surface area contributed by atoms with Gasteiger partial charge >= 0.3 is 0 Å². The SMILES string of the molecule is CNCCc1ccc(S(=O)(=O)NC(C)C2CCCC2)cc1. The fourth-order valence-corrected chi connectivity index (χ4v) is 4.28. The topological polar surface area (TPSA) is 58.2 Å². The maximum absolute atomic E-state index is 12.4. The van der Waals surface area contributed by atoms with E-state index in [-0.39, 0.29) is 6.04 Å². The number of likely N-dealkylation sites (N-methyl/N-ethyl adjacent to an activating group) is 1. The maximum Gasteiger partial charge on any atom is 0.240 e. The summed E-state index contributed by atoms with van der Waals surface area (Å²) < 4.78 is 27.6. The van der Waals surface area contributed by atoms with Crippen molar-refractivity contribution in [3.05, 3.63) is 29.8 Å². The van der Waals surface area contributed by atoms with Crippen LogP contribution in [0.15, 0.2) is 29.2 Å². The second-order valence-electron chi connectivity index (χ2n) is 5.95. The second kappa shape index (κ2) is 7.38. The van der Waals surface area contributed by atoms with Crippen molar-refractivity contribution in [1.82, 2.24) is 10.0 Å². The van der Waals surface area contributed by atoms with E-state index in [0.717, 1.165) is 31.4 Å². The van der Waals surface area contributed by atoms with Crippen molar-refractivity contribution in [2.24, 2.45) is 5.92 Å². The van der Waals surface area contributed by atoms with Crippen LogP contribution in [0.25, 0.3) is 0 Å². The van der Waals surface area contributed by atoms with E-state index >= 15 is 0 Å². The van der Waals surface area contributed by atoms with Gasteiger partial charge in [-0.1, -0.05) is 25.0 Å². The largest absolute Gasteiger partial charge is 0.319 e. The van der Waals surface area contributed by atoms with Crippen molar-refractivity contribution < 1.29 is 8.42 Å². The van der Waals surface area contributed by atoms with E-state index in [1.165, 1.54) is 12.8 Å². The van der Waals surface area contributed by atoms with Crippen molar-refractivity contribution >= 4 is 10.0 Å². The van der Waals surface area contributed by atoms with Crippen LogP contribution in [-0.2, 0) is 16.4 Å². The van der Waals surface area contributed by atoms with E-state index in [1.807, 2.05) is 26.1 Å². The average Bonchev–Trinajstić information content (AvgIpc) is 2.99. The summed E-state index contributed by atoms with van der Waals surface area (Å²) in [5.41, 5.74) is 1.15. The summed E-state index contributed by atoms with van der Waals surface area (Å²) >= 11 is 0. The van der Waals surface area contributed by atoms with Crippen LogP contribution in [0.5, 0.6) is 0 Å². The molecule has 1 unspecified atom stereocenters. The first-order chi connectivity index (χ1) is 10.0. The highest BCUT2D eigenvalue weighted by molar-refractivity contribution is 7.89. The number of nitrogens with one attached hydrogen (secondary N) is 2. The molecule has 1 saturated carbocycles. The zero-order valence-corrected chi connectivity index (χ0v) is 13.7. The predicted molar refractivity (Wildman–Crippen MR) is 85.8 cm³/mol. The lowest BCUT2D eigenvalue weighted by molar-refractivity contribution is 0.424. The lowest BCUT2D eigenvalue weighted by Crippen LogP contribution is -2.37. The highest BCUT2D eigenvalue weighted by Crippen LogP contribution is 2.28. The molecule has 5 heteroatoms. The molecular formula is C16H26N2O2S. The van der Waals surface area contributed by atoms with Gasteiger partial charge in [-0.15, -0.1) is 0 Å². The Bertz CT molecular complexity index is 534. The molecule has 0 heterocycles. The molecule has 1 aromatic rings. The van der Waals surface area contributed by atoms with Crippen molar-refractivity contribution in [2.45, 2.75) is 50.0 Å². The van der Waals surface area contributed by atoms with Gasteiger partial charge in [0.1, 0.15) is 0 Å². The van der Waals surface area contributed by atoms with Gasteiger partial charge in [0.2, 0.25) is 10.0 Å². The van der Waals surface area contributed by atoms with Crippen LogP contribution in [0.3, 0.4) is 0 Å². The Labute approximate surface area is 128 Å². The van der Waals surface area contributed by atoms with E-state index in [4.69, 9.17) is 0 Å². The number of hydrogen-bond acceptors (Lipinski definition) is 3. The Hall–Kier alpha value is -0.910. The quantitative estimate of drug-likeness (QED) is 0.812. The van der Waals surface area contributed by atoms with Crippen LogP contribution in [0.2, 0.25) is 0 Å². The van der Waals surface area contributed by atoms with Gasteiger partial charge in [0, 0.05) is 6.04 Å². The summed E-state index contributed by atoms with van der Waals surface area (Å²) in [4.78, 5) is 0.362. The van der Waals surface area contributed by atoms with E-state index in [0.29, 0.717) is 10.8 Å². The molecule has 1 aromatic carbocycles. The summed E-state index contributed by atoms with van der Waals surface area (Å²) in [7, 11) is -1.49. The van der Waals surface area contributed by atoms with E-state index in [2.05, 4.69) is 10.0 Å². The summed E-state index contributed by atoms with van der Waals surface area (Å²) in [5, 5.41) is 3.09. The van der Waals surface area contributed by atoms with Crippen LogP contribution in [0.4, 0.5) is 0 Å². The molecule has 1 fully saturated rings. The van der Waals surface area contributed by atoms with Gasteiger partial charge in [-0.05, 0) is 63.4 Å². The molecule has 2 N–H and O–H groups in total. The standard InChI is InChI=1S/C16H26N2O2S/c1-13(15-5-3-4-6-15)18-21(19,20)16-9-7-14(8-10-16)11-12-17-2/h7-10,13,15,17-18H,3-6,11-12H2,1-2H3. The lowest BCUT2D eigenvalue weighted by atomic mass is 10.0. The third kappa shape index (κ3) is 4.53. The Balaban J connectivity index is 2.01. The first-order valence-corrected chi connectivity index (χ1v) is 9.27. The van der Waals surface area contributed by atoms with Crippen molar-refractivity contribution in [3.63, 3.8) is 0 Å². The summed E-state index contributed by atoms with van der Waals surface area (Å²) in [6.07, 6.45) is 5.61. The zero-order chi connectivity index (χ0) is 15.3. The molecule has 1 aliphatic carbocycles. The normalized spacial score (nSPS) is 18.0. The van der Waals surface area contributed by atoms with Crippen LogP contribution >= 0.6 is 0 Å². The molecule has 0 radical (unpaired) electrons. The van der Waals surface area contributed by atoms with Crippen LogP contribution in [0.1, 0.15) is 38.2 Å². The lowest BCUT2D eigenvalue weighted by Gasteiger charge is -2.20. The smallest absolute Gasteiger partial charge is 0.240 e. The summed E-state index contributed by atoms with van der Waals surface area (Å²) in [6, 6.07) is 7.21. The van der Waals surface area contributed by atoms with Crippen LogP contribution in [0, 0.1) is 5.92 Å². The highest BCUT2D eigenvalue weighted by Gasteiger charge is 2.26. The third-order valence-corrected chi connectivity index (χ3v) is 5.92. The van der Waals surface area contributed by atoms with E-state index < -0.39 is 10.0 Å². The first kappa shape index (κ1) is 16.5. The Morgan fingerprint density at radius 3 is 2.38 bits per heavy atom. The number of sulfonamides is 1. The predicted octanol–water partition coefficient (Wildman–Crippen LogP) is 2.31. The molecule has 118 valence electrons. The number of benzene rings is 1. The number of rotatable bonds is 7. The summed E-state index contributed by atoms with van der Waals surface area (Å²) in [5.74, 6) is 0.481. The minimum absolute atomic E-state index is 0.0152. The van der Waals surface area contributed by atoms with Crippen molar-refractivity contribution in [3.8, 4) is 0 Å². The monoisotopic (exact) mass is 310 g/mol. The maximum atomic E-state index is 12.4. The molecule has 0 saturated heterocycles. The third-order valence-electron chi connectivity index (χ3n) is 4.35. The Morgan fingerprint density at radius 1 is 1.19 bits per heavy atom. The Kier molecular flexibility index (Phi) is 5.79. The van der Waals surface area contributed by atoms with Crippen molar-refractivity contribution in [2.75, 3.05) is 13.6 Å². The minimum atomic E-state index is -3.40. The molecule has 0 spiro atoms. The fraction of sp³-hybridized carbons (Fsp3) is 0.625. The zero-order valence-electron chi connectivity index (χ0n) is 12.9.